The number of hydrogen-bond donors (Lipinski definition) is 1. The van der Waals surface area contributed by atoms with Gasteiger partial charge in [0.25, 0.3) is 0 Å². The van der Waals surface area contributed by atoms with Crippen molar-refractivity contribution in [2.75, 3.05) is 31.5 Å². The minimum absolute atomic E-state index is 0.0766. The minimum Gasteiger partial charge on any atom is -0.493 e. The molecule has 10 heteroatoms. The van der Waals surface area contributed by atoms with Gasteiger partial charge in [0.1, 0.15) is 30.3 Å². The lowest BCUT2D eigenvalue weighted by molar-refractivity contribution is 0.128. The third kappa shape index (κ3) is 5.93. The van der Waals surface area contributed by atoms with Crippen molar-refractivity contribution in [3.05, 3.63) is 36.2 Å². The topological polar surface area (TPSA) is 84.0 Å². The fourth-order valence-electron chi connectivity index (χ4n) is 3.43. The Morgan fingerprint density at radius 2 is 2.00 bits per heavy atom. The summed E-state index contributed by atoms with van der Waals surface area (Å²) < 4.78 is 28.3. The van der Waals surface area contributed by atoms with E-state index in [9.17, 15) is 0 Å². The first-order valence-electron chi connectivity index (χ1n) is 11.0. The number of halogens is 2. The fourth-order valence-corrected chi connectivity index (χ4v) is 3.72. The number of nitrogens with one attached hydrogen (secondary N) is 1. The summed E-state index contributed by atoms with van der Waals surface area (Å²) in [7, 11) is 1.58. The summed E-state index contributed by atoms with van der Waals surface area (Å²) in [6, 6.07) is 7.32. The summed E-state index contributed by atoms with van der Waals surface area (Å²) in [6.45, 7) is 4.69. The van der Waals surface area contributed by atoms with E-state index in [4.69, 9.17) is 46.9 Å². The highest BCUT2D eigenvalue weighted by molar-refractivity contribution is 6.19. The first kappa shape index (κ1) is 25.0. The van der Waals surface area contributed by atoms with Gasteiger partial charge < -0.3 is 29.0 Å². The van der Waals surface area contributed by atoms with Gasteiger partial charge in [0.15, 0.2) is 11.5 Å². The van der Waals surface area contributed by atoms with Gasteiger partial charge in [0, 0.05) is 25.1 Å². The molecule has 184 valence electrons. The summed E-state index contributed by atoms with van der Waals surface area (Å²) >= 11 is 11.9. The van der Waals surface area contributed by atoms with Gasteiger partial charge in [0.2, 0.25) is 0 Å². The second kappa shape index (κ2) is 11.5. The number of benzene rings is 2. The van der Waals surface area contributed by atoms with Crippen molar-refractivity contribution < 1.29 is 23.7 Å². The van der Waals surface area contributed by atoms with E-state index >= 15 is 0 Å². The summed E-state index contributed by atoms with van der Waals surface area (Å²) in [6.07, 6.45) is 2.13. The van der Waals surface area contributed by atoms with Crippen LogP contribution in [0.25, 0.3) is 10.9 Å². The maximum absolute atomic E-state index is 6.12. The van der Waals surface area contributed by atoms with Crippen LogP contribution in [-0.4, -0.2) is 48.0 Å². The first-order chi connectivity index (χ1) is 17.0. The number of fused-ring (bicyclic) bond motifs is 2. The molecule has 8 nitrogen and oxygen atoms in total. The maximum atomic E-state index is 6.12. The van der Waals surface area contributed by atoms with Crippen LogP contribution in [0.1, 0.15) is 25.8 Å². The standard InChI is InChI=1S/C25H25Cl2N3O5/c1-15(2)33-20-13-17(32-11-5-9-26)12-19-21(20)24(29-14-28-19)30-18-8-7-16(6-4-10-31-3)22-23(18)35-25(27)34-22/h7-8,12-15,25H,5,9-11H2,1-3H3,(H,28,29,30)/t25-/m0/s1. The molecule has 0 saturated carbocycles. The van der Waals surface area contributed by atoms with E-state index in [0.717, 1.165) is 6.42 Å². The normalized spacial score (nSPS) is 14.1. The Labute approximate surface area is 213 Å². The number of alkyl halides is 2. The molecule has 1 aliphatic rings. The van der Waals surface area contributed by atoms with Crippen molar-refractivity contribution >= 4 is 45.6 Å². The zero-order valence-corrected chi connectivity index (χ0v) is 21.1. The van der Waals surface area contributed by atoms with Gasteiger partial charge in [0.05, 0.1) is 34.9 Å². The van der Waals surface area contributed by atoms with Gasteiger partial charge in [-0.2, -0.15) is 0 Å². The highest BCUT2D eigenvalue weighted by Gasteiger charge is 2.28. The SMILES string of the molecule is COCC#Cc1ccc(Nc2ncnc3cc(OCCCCl)cc(OC(C)C)c23)c2c1O[C@H](Cl)O2. The molecule has 1 aromatic heterocycles. The molecule has 0 amide bonds. The lowest BCUT2D eigenvalue weighted by Crippen LogP contribution is -2.09. The molecule has 0 bridgehead atoms. The minimum atomic E-state index is -0.967. The molecule has 4 rings (SSSR count). The zero-order chi connectivity index (χ0) is 24.8. The number of nitrogens with zero attached hydrogens (tertiary/aromatic N) is 2. The van der Waals surface area contributed by atoms with Gasteiger partial charge in [-0.3, -0.25) is 0 Å². The highest BCUT2D eigenvalue weighted by Crippen LogP contribution is 2.46. The van der Waals surface area contributed by atoms with Gasteiger partial charge >= 0.3 is 5.75 Å². The van der Waals surface area contributed by atoms with Gasteiger partial charge in [-0.1, -0.05) is 11.8 Å². The Morgan fingerprint density at radius 3 is 2.77 bits per heavy atom. The smallest absolute Gasteiger partial charge is 0.322 e. The van der Waals surface area contributed by atoms with Gasteiger partial charge in [-0.25, -0.2) is 9.97 Å². The Balaban J connectivity index is 1.74. The number of anilines is 2. The van der Waals surface area contributed by atoms with Crippen molar-refractivity contribution in [1.82, 2.24) is 9.97 Å². The second-order valence-corrected chi connectivity index (χ2v) is 8.52. The molecular weight excluding hydrogens is 493 g/mol. The number of rotatable bonds is 9. The molecule has 0 saturated heterocycles. The van der Waals surface area contributed by atoms with Gasteiger partial charge in [-0.05, 0) is 44.0 Å². The molecule has 0 aliphatic carbocycles. The number of hydrogen-bond acceptors (Lipinski definition) is 8. The molecule has 2 heterocycles. The van der Waals surface area contributed by atoms with E-state index in [0.29, 0.717) is 70.1 Å². The van der Waals surface area contributed by atoms with Crippen LogP contribution in [-0.2, 0) is 4.74 Å². The van der Waals surface area contributed by atoms with Crippen molar-refractivity contribution in [3.8, 4) is 34.8 Å². The summed E-state index contributed by atoms with van der Waals surface area (Å²) in [5, 5.41) is 4.02. The van der Waals surface area contributed by atoms with Crippen LogP contribution in [0.5, 0.6) is 23.0 Å². The van der Waals surface area contributed by atoms with E-state index < -0.39 is 5.75 Å². The van der Waals surface area contributed by atoms with E-state index in [1.807, 2.05) is 38.1 Å². The fraction of sp³-hybridized carbons (Fsp3) is 0.360. The number of ether oxygens (including phenoxy) is 5. The average molecular weight is 518 g/mol. The third-order valence-electron chi connectivity index (χ3n) is 4.81. The summed E-state index contributed by atoms with van der Waals surface area (Å²) in [4.78, 5) is 8.90. The molecule has 3 aromatic rings. The van der Waals surface area contributed by atoms with Crippen LogP contribution in [0.4, 0.5) is 11.5 Å². The van der Waals surface area contributed by atoms with Crippen LogP contribution in [0.2, 0.25) is 0 Å². The largest absolute Gasteiger partial charge is 0.493 e. The molecule has 0 fully saturated rings. The summed E-state index contributed by atoms with van der Waals surface area (Å²) in [5.41, 5.74) is 1.91. The second-order valence-electron chi connectivity index (χ2n) is 7.78. The molecule has 0 spiro atoms. The average Bonchev–Trinajstić information content (AvgIpc) is 3.22. The van der Waals surface area contributed by atoms with E-state index in [1.54, 1.807) is 7.11 Å². The molecule has 1 N–H and O–H groups in total. The predicted molar refractivity (Wildman–Crippen MR) is 136 cm³/mol. The van der Waals surface area contributed by atoms with Crippen LogP contribution in [0.15, 0.2) is 30.6 Å². The Hall–Kier alpha value is -3.12. The Bertz CT molecular complexity index is 1260. The predicted octanol–water partition coefficient (Wildman–Crippen LogP) is 5.46. The van der Waals surface area contributed by atoms with Crippen LogP contribution in [0, 0.1) is 11.8 Å². The molecule has 1 aliphatic heterocycles. The first-order valence-corrected chi connectivity index (χ1v) is 12.0. The molecule has 2 aromatic carbocycles. The van der Waals surface area contributed by atoms with E-state index in [1.165, 1.54) is 6.33 Å². The quantitative estimate of drug-likeness (QED) is 0.227. The summed E-state index contributed by atoms with van der Waals surface area (Å²) in [5.74, 6) is 8.13. The lowest BCUT2D eigenvalue weighted by atomic mass is 10.1. The number of aromatic nitrogens is 2. The molecule has 0 radical (unpaired) electrons. The molecule has 35 heavy (non-hydrogen) atoms. The van der Waals surface area contributed by atoms with Crippen molar-refractivity contribution in [1.29, 1.82) is 0 Å². The zero-order valence-electron chi connectivity index (χ0n) is 19.6. The molecule has 1 atom stereocenters. The third-order valence-corrected chi connectivity index (χ3v) is 5.26. The van der Waals surface area contributed by atoms with Crippen molar-refractivity contribution in [2.24, 2.45) is 0 Å². The van der Waals surface area contributed by atoms with Crippen LogP contribution < -0.4 is 24.3 Å². The van der Waals surface area contributed by atoms with Crippen molar-refractivity contribution in [3.63, 3.8) is 0 Å². The van der Waals surface area contributed by atoms with Crippen molar-refractivity contribution in [2.45, 2.75) is 32.1 Å². The monoisotopic (exact) mass is 517 g/mol. The van der Waals surface area contributed by atoms with Crippen LogP contribution in [0.3, 0.4) is 0 Å². The molecule has 0 unspecified atom stereocenters. The van der Waals surface area contributed by atoms with E-state index in [-0.39, 0.29) is 6.10 Å². The number of methoxy groups -OCH3 is 1. The van der Waals surface area contributed by atoms with Gasteiger partial charge in [-0.15, -0.1) is 11.6 Å². The highest BCUT2D eigenvalue weighted by atomic mass is 35.5. The molecular formula is C25H25Cl2N3O5. The Morgan fingerprint density at radius 1 is 1.17 bits per heavy atom. The maximum Gasteiger partial charge on any atom is 0.322 e. The van der Waals surface area contributed by atoms with E-state index in [2.05, 4.69) is 27.1 Å². The van der Waals surface area contributed by atoms with Crippen LogP contribution >= 0.6 is 23.2 Å². The lowest BCUT2D eigenvalue weighted by Gasteiger charge is -2.17. The Kier molecular flexibility index (Phi) is 8.24.